The quantitative estimate of drug-likeness (QED) is 0.851. The van der Waals surface area contributed by atoms with E-state index in [1.165, 1.54) is 0 Å². The number of aromatic nitrogens is 2. The number of hydrogen-bond donors (Lipinski definition) is 1. The zero-order valence-corrected chi connectivity index (χ0v) is 10.6. The molecule has 1 heterocycles. The molecular weight excluding hydrogens is 338 g/mol. The number of aromatic carboxylic acids is 1. The molecule has 0 spiro atoms. The molecule has 0 aliphatic heterocycles. The lowest BCUT2D eigenvalue weighted by Gasteiger charge is -2.04. The Labute approximate surface area is 110 Å². The molecule has 4 nitrogen and oxygen atoms in total. The van der Waals surface area contributed by atoms with Crippen LogP contribution in [0.1, 0.15) is 10.5 Å². The molecule has 86 valence electrons. The first kappa shape index (κ1) is 11.9. The average Bonchev–Trinajstić information content (AvgIpc) is 2.30. The highest BCUT2D eigenvalue weighted by atomic mass is 127. The van der Waals surface area contributed by atoms with E-state index in [1.807, 2.05) is 0 Å². The molecule has 0 atom stereocenters. The Morgan fingerprint density at radius 1 is 1.24 bits per heavy atom. The van der Waals surface area contributed by atoms with E-state index in [0.29, 0.717) is 5.56 Å². The summed E-state index contributed by atoms with van der Waals surface area (Å²) in [5.41, 5.74) is -0.102. The van der Waals surface area contributed by atoms with Gasteiger partial charge in [-0.1, -0.05) is 12.1 Å². The Hall–Kier alpha value is -1.57. The van der Waals surface area contributed by atoms with E-state index in [1.54, 1.807) is 24.3 Å². The minimum Gasteiger partial charge on any atom is -0.476 e. The lowest BCUT2D eigenvalue weighted by Crippen LogP contribution is -2.06. The Morgan fingerprint density at radius 2 is 1.88 bits per heavy atom. The first-order chi connectivity index (χ1) is 8.09. The summed E-state index contributed by atoms with van der Waals surface area (Å²) >= 11 is 2.12. The highest BCUT2D eigenvalue weighted by molar-refractivity contribution is 14.1. The molecular formula is C11H6FIN2O2. The van der Waals surface area contributed by atoms with Gasteiger partial charge in [0.25, 0.3) is 0 Å². The van der Waals surface area contributed by atoms with Crippen molar-refractivity contribution in [3.8, 4) is 11.3 Å². The van der Waals surface area contributed by atoms with Crippen molar-refractivity contribution in [2.24, 2.45) is 0 Å². The second-order valence-corrected chi connectivity index (χ2v) is 4.44. The highest BCUT2D eigenvalue weighted by Gasteiger charge is 2.17. The predicted molar refractivity (Wildman–Crippen MR) is 67.1 cm³/mol. The molecule has 0 aliphatic rings. The third-order valence-corrected chi connectivity index (χ3v) is 2.83. The Balaban J connectivity index is 2.56. The summed E-state index contributed by atoms with van der Waals surface area (Å²) in [7, 11) is 0. The Morgan fingerprint density at radius 3 is 2.47 bits per heavy atom. The van der Waals surface area contributed by atoms with Crippen molar-refractivity contribution < 1.29 is 14.3 Å². The molecule has 0 aliphatic carbocycles. The minimum atomic E-state index is -1.41. The highest BCUT2D eigenvalue weighted by Crippen LogP contribution is 2.22. The maximum Gasteiger partial charge on any atom is 0.357 e. The number of carboxylic acid groups (broad SMARTS) is 1. The van der Waals surface area contributed by atoms with E-state index >= 15 is 0 Å². The van der Waals surface area contributed by atoms with Gasteiger partial charge in [-0.05, 0) is 34.7 Å². The lowest BCUT2D eigenvalue weighted by molar-refractivity contribution is 0.0684. The maximum atomic E-state index is 13.8. The second kappa shape index (κ2) is 4.74. The Bertz CT molecular complexity index is 572. The van der Waals surface area contributed by atoms with Gasteiger partial charge < -0.3 is 5.11 Å². The molecule has 0 saturated carbocycles. The van der Waals surface area contributed by atoms with Gasteiger partial charge in [-0.25, -0.2) is 19.2 Å². The zero-order chi connectivity index (χ0) is 12.4. The van der Waals surface area contributed by atoms with Crippen molar-refractivity contribution in [3.63, 3.8) is 0 Å². The van der Waals surface area contributed by atoms with Gasteiger partial charge in [0.15, 0.2) is 11.5 Å². The fourth-order valence-corrected chi connectivity index (χ4v) is 1.69. The monoisotopic (exact) mass is 344 g/mol. The van der Waals surface area contributed by atoms with Crippen LogP contribution in [0.2, 0.25) is 0 Å². The van der Waals surface area contributed by atoms with Gasteiger partial charge >= 0.3 is 5.97 Å². The molecule has 6 heteroatoms. The van der Waals surface area contributed by atoms with Crippen molar-refractivity contribution in [2.75, 3.05) is 0 Å². The third kappa shape index (κ3) is 2.41. The zero-order valence-electron chi connectivity index (χ0n) is 8.39. The van der Waals surface area contributed by atoms with E-state index in [-0.39, 0.29) is 5.69 Å². The van der Waals surface area contributed by atoms with Crippen LogP contribution < -0.4 is 0 Å². The van der Waals surface area contributed by atoms with E-state index < -0.39 is 17.5 Å². The smallest absolute Gasteiger partial charge is 0.357 e. The molecule has 2 aromatic rings. The van der Waals surface area contributed by atoms with Gasteiger partial charge in [-0.3, -0.25) is 0 Å². The number of halogens is 2. The van der Waals surface area contributed by atoms with Crippen molar-refractivity contribution in [1.82, 2.24) is 9.97 Å². The molecule has 1 N–H and O–H groups in total. The summed E-state index contributed by atoms with van der Waals surface area (Å²) in [6, 6.07) is 6.94. The molecule has 0 radical (unpaired) electrons. The first-order valence-electron chi connectivity index (χ1n) is 4.59. The SMILES string of the molecule is O=C(O)c1ncnc(-c2ccc(I)cc2)c1F. The minimum absolute atomic E-state index is 0.00574. The number of carbonyl (C=O) groups is 1. The normalized spacial score (nSPS) is 10.2. The molecule has 0 unspecified atom stereocenters. The fourth-order valence-electron chi connectivity index (χ4n) is 1.33. The van der Waals surface area contributed by atoms with E-state index in [9.17, 15) is 9.18 Å². The van der Waals surface area contributed by atoms with Crippen molar-refractivity contribution >= 4 is 28.6 Å². The van der Waals surface area contributed by atoms with Crippen LogP contribution in [-0.2, 0) is 0 Å². The van der Waals surface area contributed by atoms with Gasteiger partial charge in [-0.15, -0.1) is 0 Å². The number of rotatable bonds is 2. The molecule has 0 amide bonds. The average molecular weight is 344 g/mol. The maximum absolute atomic E-state index is 13.8. The summed E-state index contributed by atoms with van der Waals surface area (Å²) in [6.45, 7) is 0. The van der Waals surface area contributed by atoms with Gasteiger partial charge in [0.1, 0.15) is 12.0 Å². The molecule has 1 aromatic carbocycles. The number of nitrogens with zero attached hydrogens (tertiary/aromatic N) is 2. The van der Waals surface area contributed by atoms with Crippen molar-refractivity contribution in [3.05, 3.63) is 45.7 Å². The van der Waals surface area contributed by atoms with Crippen LogP contribution in [0, 0.1) is 9.39 Å². The van der Waals surface area contributed by atoms with E-state index in [2.05, 4.69) is 32.6 Å². The molecule has 0 bridgehead atoms. The van der Waals surface area contributed by atoms with Gasteiger partial charge in [-0.2, -0.15) is 0 Å². The van der Waals surface area contributed by atoms with Crippen molar-refractivity contribution in [2.45, 2.75) is 0 Å². The third-order valence-electron chi connectivity index (χ3n) is 2.11. The van der Waals surface area contributed by atoms with Crippen LogP contribution in [0.5, 0.6) is 0 Å². The summed E-state index contributed by atoms with van der Waals surface area (Å²) in [6.07, 6.45) is 1.04. The Kier molecular flexibility index (Phi) is 3.32. The van der Waals surface area contributed by atoms with Crippen LogP contribution in [0.4, 0.5) is 4.39 Å². The fraction of sp³-hybridized carbons (Fsp3) is 0. The second-order valence-electron chi connectivity index (χ2n) is 3.20. The van der Waals surface area contributed by atoms with Crippen molar-refractivity contribution in [1.29, 1.82) is 0 Å². The number of benzene rings is 1. The summed E-state index contributed by atoms with van der Waals surface area (Å²) < 4.78 is 14.8. The summed E-state index contributed by atoms with van der Waals surface area (Å²) in [4.78, 5) is 17.9. The molecule has 0 fully saturated rings. The molecule has 1 aromatic heterocycles. The number of hydrogen-bond acceptors (Lipinski definition) is 3. The van der Waals surface area contributed by atoms with Crippen LogP contribution in [-0.4, -0.2) is 21.0 Å². The topological polar surface area (TPSA) is 63.1 Å². The first-order valence-corrected chi connectivity index (χ1v) is 5.67. The molecule has 2 rings (SSSR count). The summed E-state index contributed by atoms with van der Waals surface area (Å²) in [5.74, 6) is -2.32. The van der Waals surface area contributed by atoms with Crippen LogP contribution in [0.25, 0.3) is 11.3 Å². The van der Waals surface area contributed by atoms with Crippen LogP contribution in [0.15, 0.2) is 30.6 Å². The standard InChI is InChI=1S/C11H6FIN2O2/c12-8-9(6-1-3-7(13)4-2-6)14-5-15-10(8)11(16)17/h1-5H,(H,16,17). The van der Waals surface area contributed by atoms with E-state index in [4.69, 9.17) is 5.11 Å². The summed E-state index contributed by atoms with van der Waals surface area (Å²) in [5, 5.41) is 8.75. The van der Waals surface area contributed by atoms with Crippen LogP contribution >= 0.6 is 22.6 Å². The van der Waals surface area contributed by atoms with Gasteiger partial charge in [0.2, 0.25) is 0 Å². The number of carboxylic acids is 1. The largest absolute Gasteiger partial charge is 0.476 e. The van der Waals surface area contributed by atoms with Crippen LogP contribution in [0.3, 0.4) is 0 Å². The van der Waals surface area contributed by atoms with E-state index in [0.717, 1.165) is 9.90 Å². The molecule has 0 saturated heterocycles. The predicted octanol–water partition coefficient (Wildman–Crippen LogP) is 2.59. The lowest BCUT2D eigenvalue weighted by atomic mass is 10.1. The molecule has 17 heavy (non-hydrogen) atoms. The van der Waals surface area contributed by atoms with Gasteiger partial charge in [0, 0.05) is 9.13 Å². The van der Waals surface area contributed by atoms with Gasteiger partial charge in [0.05, 0.1) is 0 Å².